The highest BCUT2D eigenvalue weighted by Crippen LogP contribution is 2.31. The van der Waals surface area contributed by atoms with Crippen LogP contribution < -0.4 is 10.9 Å². The molecule has 0 atom stereocenters. The SMILES string of the molecule is Cc1cc(CCC(C)C)cc2[nH]c(=O)c3c(c12)NCCC3. The van der Waals surface area contributed by atoms with Crippen LogP contribution in [0.5, 0.6) is 0 Å². The summed E-state index contributed by atoms with van der Waals surface area (Å²) in [5.74, 6) is 0.699. The van der Waals surface area contributed by atoms with Crippen LogP contribution in [0.15, 0.2) is 16.9 Å². The van der Waals surface area contributed by atoms with Gasteiger partial charge in [0.2, 0.25) is 0 Å². The minimum atomic E-state index is 0.0742. The first-order chi connectivity index (χ1) is 10.1. The molecule has 2 aromatic rings. The molecule has 0 saturated heterocycles. The van der Waals surface area contributed by atoms with Crippen LogP contribution in [0.1, 0.15) is 43.4 Å². The molecule has 3 rings (SSSR count). The Morgan fingerprint density at radius 3 is 2.86 bits per heavy atom. The Balaban J connectivity index is 2.13. The monoisotopic (exact) mass is 284 g/mol. The zero-order chi connectivity index (χ0) is 15.0. The molecule has 112 valence electrons. The van der Waals surface area contributed by atoms with Crippen molar-refractivity contribution in [1.82, 2.24) is 4.98 Å². The van der Waals surface area contributed by atoms with Gasteiger partial charge < -0.3 is 10.3 Å². The average Bonchev–Trinajstić information content (AvgIpc) is 2.45. The number of rotatable bonds is 3. The first-order valence-corrected chi connectivity index (χ1v) is 7.98. The van der Waals surface area contributed by atoms with Gasteiger partial charge in [-0.2, -0.15) is 0 Å². The molecule has 2 heterocycles. The van der Waals surface area contributed by atoms with E-state index >= 15 is 0 Å². The van der Waals surface area contributed by atoms with Crippen LogP contribution in [0.3, 0.4) is 0 Å². The summed E-state index contributed by atoms with van der Waals surface area (Å²) in [5.41, 5.74) is 5.62. The lowest BCUT2D eigenvalue weighted by atomic mass is 9.95. The van der Waals surface area contributed by atoms with Crippen molar-refractivity contribution in [1.29, 1.82) is 0 Å². The summed E-state index contributed by atoms with van der Waals surface area (Å²) in [6, 6.07) is 4.43. The highest BCUT2D eigenvalue weighted by molar-refractivity contribution is 5.96. The Morgan fingerprint density at radius 1 is 1.29 bits per heavy atom. The molecule has 21 heavy (non-hydrogen) atoms. The van der Waals surface area contributed by atoms with Crippen molar-refractivity contribution in [3.63, 3.8) is 0 Å². The van der Waals surface area contributed by atoms with E-state index in [1.807, 2.05) is 0 Å². The van der Waals surface area contributed by atoms with Crippen LogP contribution in [0.4, 0.5) is 5.69 Å². The molecule has 0 radical (unpaired) electrons. The second-order valence-electron chi connectivity index (χ2n) is 6.61. The second-order valence-corrected chi connectivity index (χ2v) is 6.61. The summed E-state index contributed by atoms with van der Waals surface area (Å²) < 4.78 is 0. The molecule has 0 saturated carbocycles. The van der Waals surface area contributed by atoms with Gasteiger partial charge >= 0.3 is 0 Å². The molecule has 1 aromatic heterocycles. The van der Waals surface area contributed by atoms with E-state index in [0.29, 0.717) is 5.92 Å². The van der Waals surface area contributed by atoms with Crippen molar-refractivity contribution in [3.05, 3.63) is 39.2 Å². The maximum absolute atomic E-state index is 12.3. The van der Waals surface area contributed by atoms with Crippen LogP contribution in [-0.2, 0) is 12.8 Å². The van der Waals surface area contributed by atoms with Crippen molar-refractivity contribution in [2.45, 2.75) is 46.5 Å². The molecule has 3 heteroatoms. The zero-order valence-corrected chi connectivity index (χ0v) is 13.2. The van der Waals surface area contributed by atoms with E-state index in [0.717, 1.165) is 42.6 Å². The van der Waals surface area contributed by atoms with Gasteiger partial charge in [0.15, 0.2) is 0 Å². The van der Waals surface area contributed by atoms with Gasteiger partial charge in [-0.25, -0.2) is 0 Å². The lowest BCUT2D eigenvalue weighted by Crippen LogP contribution is -2.22. The van der Waals surface area contributed by atoms with Crippen molar-refractivity contribution in [2.24, 2.45) is 5.92 Å². The minimum absolute atomic E-state index is 0.0742. The summed E-state index contributed by atoms with van der Waals surface area (Å²) in [6.07, 6.45) is 4.16. The third-order valence-corrected chi connectivity index (χ3v) is 4.39. The number of aromatic amines is 1. The Kier molecular flexibility index (Phi) is 3.75. The van der Waals surface area contributed by atoms with Crippen LogP contribution in [0, 0.1) is 12.8 Å². The molecule has 2 N–H and O–H groups in total. The summed E-state index contributed by atoms with van der Waals surface area (Å²) >= 11 is 0. The fourth-order valence-corrected chi connectivity index (χ4v) is 3.27. The molecule has 1 aliphatic heterocycles. The Hall–Kier alpha value is -1.77. The molecule has 0 fully saturated rings. The highest BCUT2D eigenvalue weighted by atomic mass is 16.1. The lowest BCUT2D eigenvalue weighted by molar-refractivity contribution is 0.587. The summed E-state index contributed by atoms with van der Waals surface area (Å²) in [5, 5.41) is 4.63. The fourth-order valence-electron chi connectivity index (χ4n) is 3.27. The maximum Gasteiger partial charge on any atom is 0.253 e. The summed E-state index contributed by atoms with van der Waals surface area (Å²) in [6.45, 7) is 7.60. The van der Waals surface area contributed by atoms with E-state index in [2.05, 4.69) is 43.2 Å². The number of nitrogens with one attached hydrogen (secondary N) is 2. The zero-order valence-electron chi connectivity index (χ0n) is 13.2. The van der Waals surface area contributed by atoms with Gasteiger partial charge in [0, 0.05) is 17.5 Å². The number of benzene rings is 1. The van der Waals surface area contributed by atoms with E-state index in [4.69, 9.17) is 0 Å². The molecule has 0 aliphatic carbocycles. The Bertz CT molecular complexity index is 728. The molecule has 1 aromatic carbocycles. The summed E-state index contributed by atoms with van der Waals surface area (Å²) in [7, 11) is 0. The average molecular weight is 284 g/mol. The van der Waals surface area contributed by atoms with Gasteiger partial charge in [-0.3, -0.25) is 4.79 Å². The summed E-state index contributed by atoms with van der Waals surface area (Å²) in [4.78, 5) is 15.4. The predicted octanol–water partition coefficient (Wildman–Crippen LogP) is 3.78. The molecule has 0 amide bonds. The van der Waals surface area contributed by atoms with Crippen LogP contribution in [0.25, 0.3) is 10.9 Å². The number of hydrogen-bond donors (Lipinski definition) is 2. The smallest absolute Gasteiger partial charge is 0.253 e. The van der Waals surface area contributed by atoms with Crippen LogP contribution >= 0.6 is 0 Å². The first kappa shape index (κ1) is 14.2. The van der Waals surface area contributed by atoms with Gasteiger partial charge in [-0.15, -0.1) is 0 Å². The van der Waals surface area contributed by atoms with E-state index in [1.165, 1.54) is 22.9 Å². The van der Waals surface area contributed by atoms with Crippen molar-refractivity contribution < 1.29 is 0 Å². The van der Waals surface area contributed by atoms with E-state index in [9.17, 15) is 4.79 Å². The van der Waals surface area contributed by atoms with Crippen LogP contribution in [0.2, 0.25) is 0 Å². The number of pyridine rings is 1. The maximum atomic E-state index is 12.3. The molecule has 1 aliphatic rings. The van der Waals surface area contributed by atoms with Crippen molar-refractivity contribution in [2.75, 3.05) is 11.9 Å². The Labute approximate surface area is 125 Å². The van der Waals surface area contributed by atoms with E-state index in [1.54, 1.807) is 0 Å². The topological polar surface area (TPSA) is 44.9 Å². The first-order valence-electron chi connectivity index (χ1n) is 7.98. The standard InChI is InChI=1S/C18H24N2O/c1-11(2)6-7-13-9-12(3)16-15(10-13)20-18(21)14-5-4-8-19-17(14)16/h9-11,19H,4-8H2,1-3H3,(H,20,21). The molecule has 0 unspecified atom stereocenters. The number of aryl methyl sites for hydroxylation is 2. The molecule has 0 spiro atoms. The number of aromatic nitrogens is 1. The van der Waals surface area contributed by atoms with Crippen LogP contribution in [-0.4, -0.2) is 11.5 Å². The molecular weight excluding hydrogens is 260 g/mol. The molecule has 3 nitrogen and oxygen atoms in total. The number of anilines is 1. The number of H-pyrrole nitrogens is 1. The predicted molar refractivity (Wildman–Crippen MR) is 89.3 cm³/mol. The van der Waals surface area contributed by atoms with Crippen molar-refractivity contribution in [3.8, 4) is 0 Å². The van der Waals surface area contributed by atoms with Gasteiger partial charge in [-0.1, -0.05) is 19.9 Å². The lowest BCUT2D eigenvalue weighted by Gasteiger charge is -2.21. The minimum Gasteiger partial charge on any atom is -0.384 e. The van der Waals surface area contributed by atoms with Gasteiger partial charge in [-0.05, 0) is 55.7 Å². The molecule has 0 bridgehead atoms. The largest absolute Gasteiger partial charge is 0.384 e. The normalized spacial score (nSPS) is 14.3. The second kappa shape index (κ2) is 5.55. The Morgan fingerprint density at radius 2 is 2.10 bits per heavy atom. The molecular formula is C18H24N2O. The third-order valence-electron chi connectivity index (χ3n) is 4.39. The van der Waals surface area contributed by atoms with E-state index in [-0.39, 0.29) is 5.56 Å². The highest BCUT2D eigenvalue weighted by Gasteiger charge is 2.17. The van der Waals surface area contributed by atoms with Gasteiger partial charge in [0.1, 0.15) is 0 Å². The number of hydrogen-bond acceptors (Lipinski definition) is 2. The fraction of sp³-hybridized carbons (Fsp3) is 0.500. The quantitative estimate of drug-likeness (QED) is 0.901. The van der Waals surface area contributed by atoms with Gasteiger partial charge in [0.25, 0.3) is 5.56 Å². The van der Waals surface area contributed by atoms with Gasteiger partial charge in [0.05, 0.1) is 11.2 Å². The van der Waals surface area contributed by atoms with E-state index < -0.39 is 0 Å². The third kappa shape index (κ3) is 2.69. The number of fused-ring (bicyclic) bond motifs is 3. The van der Waals surface area contributed by atoms with Crippen molar-refractivity contribution >= 4 is 16.6 Å².